The van der Waals surface area contributed by atoms with E-state index in [-0.39, 0.29) is 4.90 Å². The monoisotopic (exact) mass is 402 g/mol. The molecule has 1 aromatic carbocycles. The Morgan fingerprint density at radius 2 is 1.74 bits per heavy atom. The highest BCUT2D eigenvalue weighted by Crippen LogP contribution is 2.27. The molecule has 3 aromatic rings. The summed E-state index contributed by atoms with van der Waals surface area (Å²) in [5.74, 6) is 0. The zero-order chi connectivity index (χ0) is 18.7. The van der Waals surface area contributed by atoms with E-state index in [2.05, 4.69) is 15.3 Å². The van der Waals surface area contributed by atoms with Gasteiger partial charge in [0.25, 0.3) is 0 Å². The van der Waals surface area contributed by atoms with Crippen molar-refractivity contribution in [1.29, 1.82) is 0 Å². The number of thiazole rings is 1. The van der Waals surface area contributed by atoms with Gasteiger partial charge in [-0.25, -0.2) is 13.4 Å². The second-order valence-electron chi connectivity index (χ2n) is 5.94. The Labute approximate surface area is 161 Å². The van der Waals surface area contributed by atoms with Crippen molar-refractivity contribution < 1.29 is 13.2 Å². The quantitative estimate of drug-likeness (QED) is 0.706. The molecule has 27 heavy (non-hydrogen) atoms. The summed E-state index contributed by atoms with van der Waals surface area (Å²) < 4.78 is 32.0. The van der Waals surface area contributed by atoms with Gasteiger partial charge in [-0.1, -0.05) is 0 Å². The SMILES string of the molecule is O=S(=O)(c1ccc(Nc2nc(-c3ccncc3)cs2)cc1)N1CCOCC1. The number of hydrogen-bond donors (Lipinski definition) is 1. The summed E-state index contributed by atoms with van der Waals surface area (Å²) in [6, 6.07) is 10.5. The number of rotatable bonds is 5. The number of anilines is 2. The van der Waals surface area contributed by atoms with E-state index in [0.29, 0.717) is 26.3 Å². The fourth-order valence-electron chi connectivity index (χ4n) is 2.76. The molecule has 2 aromatic heterocycles. The highest BCUT2D eigenvalue weighted by atomic mass is 32.2. The lowest BCUT2D eigenvalue weighted by Gasteiger charge is -2.26. The van der Waals surface area contributed by atoms with Crippen LogP contribution >= 0.6 is 11.3 Å². The first-order valence-electron chi connectivity index (χ1n) is 8.44. The minimum absolute atomic E-state index is 0.284. The summed E-state index contributed by atoms with van der Waals surface area (Å²) in [4.78, 5) is 8.85. The normalized spacial score (nSPS) is 15.6. The van der Waals surface area contributed by atoms with Crippen molar-refractivity contribution in [3.63, 3.8) is 0 Å². The molecule has 4 rings (SSSR count). The zero-order valence-corrected chi connectivity index (χ0v) is 16.0. The molecule has 7 nitrogen and oxygen atoms in total. The lowest BCUT2D eigenvalue weighted by molar-refractivity contribution is 0.0730. The lowest BCUT2D eigenvalue weighted by Crippen LogP contribution is -2.40. The molecule has 1 fully saturated rings. The van der Waals surface area contributed by atoms with E-state index in [1.54, 1.807) is 36.7 Å². The number of benzene rings is 1. The molecule has 0 spiro atoms. The Bertz CT molecular complexity index is 999. The van der Waals surface area contributed by atoms with E-state index >= 15 is 0 Å². The first kappa shape index (κ1) is 18.1. The molecule has 0 saturated carbocycles. The number of sulfonamides is 1. The third-order valence-electron chi connectivity index (χ3n) is 4.19. The number of morpholine rings is 1. The van der Waals surface area contributed by atoms with Crippen LogP contribution in [-0.4, -0.2) is 49.0 Å². The van der Waals surface area contributed by atoms with Crippen LogP contribution in [0.1, 0.15) is 0 Å². The largest absolute Gasteiger partial charge is 0.379 e. The molecule has 1 aliphatic heterocycles. The molecule has 1 aliphatic rings. The maximum atomic E-state index is 12.7. The smallest absolute Gasteiger partial charge is 0.243 e. The summed E-state index contributed by atoms with van der Waals surface area (Å²) >= 11 is 1.49. The fourth-order valence-corrected chi connectivity index (χ4v) is 4.90. The molecule has 0 aliphatic carbocycles. The summed E-state index contributed by atoms with van der Waals surface area (Å²) in [6.07, 6.45) is 3.46. The lowest BCUT2D eigenvalue weighted by atomic mass is 10.2. The van der Waals surface area contributed by atoms with Crippen LogP contribution in [0.15, 0.2) is 59.1 Å². The Morgan fingerprint density at radius 3 is 2.44 bits per heavy atom. The molecule has 1 N–H and O–H groups in total. The van der Waals surface area contributed by atoms with Crippen molar-refractivity contribution in [3.05, 3.63) is 54.2 Å². The van der Waals surface area contributed by atoms with E-state index in [9.17, 15) is 8.42 Å². The van der Waals surface area contributed by atoms with Crippen molar-refractivity contribution in [3.8, 4) is 11.3 Å². The van der Waals surface area contributed by atoms with E-state index < -0.39 is 10.0 Å². The van der Waals surface area contributed by atoms with Crippen LogP contribution in [0.2, 0.25) is 0 Å². The molecule has 0 bridgehead atoms. The van der Waals surface area contributed by atoms with Gasteiger partial charge in [0, 0.05) is 42.1 Å². The van der Waals surface area contributed by atoms with Crippen LogP contribution in [0.3, 0.4) is 0 Å². The second-order valence-corrected chi connectivity index (χ2v) is 8.74. The topological polar surface area (TPSA) is 84.4 Å². The van der Waals surface area contributed by atoms with Gasteiger partial charge < -0.3 is 10.1 Å². The fraction of sp³-hybridized carbons (Fsp3) is 0.222. The minimum Gasteiger partial charge on any atom is -0.379 e. The van der Waals surface area contributed by atoms with E-state index in [4.69, 9.17) is 4.74 Å². The summed E-state index contributed by atoms with van der Waals surface area (Å²) in [6.45, 7) is 1.64. The van der Waals surface area contributed by atoms with Gasteiger partial charge in [-0.2, -0.15) is 4.31 Å². The number of aromatic nitrogens is 2. The molecular weight excluding hydrogens is 384 g/mol. The van der Waals surface area contributed by atoms with Crippen LogP contribution in [0.25, 0.3) is 11.3 Å². The summed E-state index contributed by atoms with van der Waals surface area (Å²) in [7, 11) is -3.48. The number of pyridine rings is 1. The first-order chi connectivity index (χ1) is 13.1. The summed E-state index contributed by atoms with van der Waals surface area (Å²) in [5.41, 5.74) is 2.66. The van der Waals surface area contributed by atoms with Gasteiger partial charge in [0.05, 0.1) is 23.8 Å². The van der Waals surface area contributed by atoms with Gasteiger partial charge in [-0.05, 0) is 36.4 Å². The third-order valence-corrected chi connectivity index (χ3v) is 6.86. The molecule has 0 radical (unpaired) electrons. The Kier molecular flexibility index (Phi) is 5.17. The van der Waals surface area contributed by atoms with E-state index in [1.807, 2.05) is 17.5 Å². The molecule has 0 unspecified atom stereocenters. The van der Waals surface area contributed by atoms with Gasteiger partial charge in [0.15, 0.2) is 5.13 Å². The number of hydrogen-bond acceptors (Lipinski definition) is 7. The van der Waals surface area contributed by atoms with Crippen molar-refractivity contribution in [2.75, 3.05) is 31.6 Å². The zero-order valence-electron chi connectivity index (χ0n) is 14.4. The van der Waals surface area contributed by atoms with Gasteiger partial charge in [0.1, 0.15) is 0 Å². The van der Waals surface area contributed by atoms with Gasteiger partial charge in [-0.15, -0.1) is 11.3 Å². The minimum atomic E-state index is -3.48. The first-order valence-corrected chi connectivity index (χ1v) is 10.8. The van der Waals surface area contributed by atoms with Crippen molar-refractivity contribution in [2.24, 2.45) is 0 Å². The molecule has 1 saturated heterocycles. The summed E-state index contributed by atoms with van der Waals surface area (Å²) in [5, 5.41) is 5.92. The molecule has 0 atom stereocenters. The van der Waals surface area contributed by atoms with E-state index in [0.717, 1.165) is 22.1 Å². The van der Waals surface area contributed by atoms with Crippen LogP contribution in [0, 0.1) is 0 Å². The van der Waals surface area contributed by atoms with Crippen LogP contribution in [0.5, 0.6) is 0 Å². The maximum Gasteiger partial charge on any atom is 0.243 e. The molecule has 3 heterocycles. The molecule has 140 valence electrons. The highest BCUT2D eigenvalue weighted by molar-refractivity contribution is 7.89. The van der Waals surface area contributed by atoms with Gasteiger partial charge in [-0.3, -0.25) is 4.98 Å². The van der Waals surface area contributed by atoms with Crippen LogP contribution < -0.4 is 5.32 Å². The average molecular weight is 403 g/mol. The second kappa shape index (κ2) is 7.73. The van der Waals surface area contributed by atoms with Crippen LogP contribution in [0.4, 0.5) is 10.8 Å². The molecular formula is C18H18N4O3S2. The van der Waals surface area contributed by atoms with E-state index in [1.165, 1.54) is 15.6 Å². The Balaban J connectivity index is 1.48. The third kappa shape index (κ3) is 4.01. The number of ether oxygens (including phenoxy) is 1. The molecule has 9 heteroatoms. The predicted molar refractivity (Wildman–Crippen MR) is 105 cm³/mol. The Morgan fingerprint density at radius 1 is 1.04 bits per heavy atom. The van der Waals surface area contributed by atoms with Crippen molar-refractivity contribution >= 4 is 32.2 Å². The maximum absolute atomic E-state index is 12.7. The molecule has 0 amide bonds. The predicted octanol–water partition coefficient (Wildman–Crippen LogP) is 2.97. The Hall–Kier alpha value is -2.33. The standard InChI is InChI=1S/C18H18N4O3S2/c23-27(24,22-9-11-25-12-10-22)16-3-1-15(2-4-16)20-18-21-17(13-26-18)14-5-7-19-8-6-14/h1-8,13H,9-12H2,(H,20,21). The van der Waals surface area contributed by atoms with Gasteiger partial charge >= 0.3 is 0 Å². The van der Waals surface area contributed by atoms with Crippen LogP contribution in [-0.2, 0) is 14.8 Å². The van der Waals surface area contributed by atoms with Gasteiger partial charge in [0.2, 0.25) is 10.0 Å². The number of nitrogens with zero attached hydrogens (tertiary/aromatic N) is 3. The van der Waals surface area contributed by atoms with Crippen molar-refractivity contribution in [2.45, 2.75) is 4.90 Å². The highest BCUT2D eigenvalue weighted by Gasteiger charge is 2.26. The number of nitrogens with one attached hydrogen (secondary N) is 1. The average Bonchev–Trinajstić information content (AvgIpc) is 3.18. The van der Waals surface area contributed by atoms with Crippen molar-refractivity contribution in [1.82, 2.24) is 14.3 Å².